The molecule has 2 aromatic rings. The molecule has 0 saturated carbocycles. The maximum atomic E-state index is 12.8. The number of carbonyl (C=O) groups excluding carboxylic acids is 1. The number of hydrogen-bond donors (Lipinski definition) is 1. The van der Waals surface area contributed by atoms with Crippen LogP contribution in [0, 0.1) is 11.8 Å². The molecule has 1 fully saturated rings. The summed E-state index contributed by atoms with van der Waals surface area (Å²) in [6, 6.07) is 7.76. The molecule has 0 radical (unpaired) electrons. The summed E-state index contributed by atoms with van der Waals surface area (Å²) in [7, 11) is 1.65. The standard InChI is InChI=1S/C19H22N2O2/c1-12-3-4-13-10-21(11-15(13)7-12)19(22)18-9-14-8-16(23-2)5-6-17(14)20-18/h3,5-6,8-9,13,15,20H,4,7,10-11H2,1-2H3/t13-,15+/m0/s1. The van der Waals surface area contributed by atoms with E-state index in [2.05, 4.69) is 18.0 Å². The number of carbonyl (C=O) groups is 1. The third-order valence-electron chi connectivity index (χ3n) is 5.28. The summed E-state index contributed by atoms with van der Waals surface area (Å²) < 4.78 is 5.25. The van der Waals surface area contributed by atoms with Crippen LogP contribution in [0.25, 0.3) is 10.9 Å². The van der Waals surface area contributed by atoms with Crippen molar-refractivity contribution in [3.63, 3.8) is 0 Å². The minimum absolute atomic E-state index is 0.118. The van der Waals surface area contributed by atoms with E-state index in [1.54, 1.807) is 7.11 Å². The van der Waals surface area contributed by atoms with Gasteiger partial charge in [-0.3, -0.25) is 4.79 Å². The van der Waals surface area contributed by atoms with Crippen LogP contribution in [0.15, 0.2) is 35.9 Å². The molecule has 0 bridgehead atoms. The van der Waals surface area contributed by atoms with Crippen LogP contribution < -0.4 is 4.74 Å². The number of aromatic amines is 1. The maximum Gasteiger partial charge on any atom is 0.270 e. The molecule has 1 aliphatic heterocycles. The van der Waals surface area contributed by atoms with Crippen LogP contribution >= 0.6 is 0 Å². The summed E-state index contributed by atoms with van der Waals surface area (Å²) in [5.74, 6) is 2.19. The molecule has 4 rings (SSSR count). The quantitative estimate of drug-likeness (QED) is 0.861. The molecule has 1 aliphatic carbocycles. The fourth-order valence-corrected chi connectivity index (χ4v) is 3.98. The summed E-state index contributed by atoms with van der Waals surface area (Å²) in [6.07, 6.45) is 4.59. The van der Waals surface area contributed by atoms with Crippen LogP contribution in [0.2, 0.25) is 0 Å². The van der Waals surface area contributed by atoms with Gasteiger partial charge in [0.2, 0.25) is 0 Å². The number of fused-ring (bicyclic) bond motifs is 2. The molecule has 1 saturated heterocycles. The second-order valence-electron chi connectivity index (χ2n) is 6.86. The predicted octanol–water partition coefficient (Wildman–Crippen LogP) is 3.60. The van der Waals surface area contributed by atoms with Crippen LogP contribution in [0.4, 0.5) is 0 Å². The SMILES string of the molecule is COc1ccc2[nH]c(C(=O)N3C[C@H]4CC(C)=CC[C@H]4C3)cc2c1. The largest absolute Gasteiger partial charge is 0.497 e. The van der Waals surface area contributed by atoms with E-state index in [9.17, 15) is 4.79 Å². The number of benzene rings is 1. The lowest BCUT2D eigenvalue weighted by atomic mass is 9.83. The van der Waals surface area contributed by atoms with Crippen molar-refractivity contribution in [2.45, 2.75) is 19.8 Å². The number of methoxy groups -OCH3 is 1. The Morgan fingerprint density at radius 3 is 2.91 bits per heavy atom. The zero-order valence-electron chi connectivity index (χ0n) is 13.6. The lowest BCUT2D eigenvalue weighted by Crippen LogP contribution is -2.29. The molecule has 2 heterocycles. The molecule has 23 heavy (non-hydrogen) atoms. The second kappa shape index (κ2) is 5.44. The Hall–Kier alpha value is -2.23. The molecule has 1 N–H and O–H groups in total. The number of nitrogens with zero attached hydrogens (tertiary/aromatic N) is 1. The minimum atomic E-state index is 0.118. The van der Waals surface area contributed by atoms with E-state index in [0.717, 1.165) is 42.6 Å². The van der Waals surface area contributed by atoms with Crippen molar-refractivity contribution in [2.24, 2.45) is 11.8 Å². The van der Waals surface area contributed by atoms with Gasteiger partial charge in [-0.1, -0.05) is 11.6 Å². The monoisotopic (exact) mass is 310 g/mol. The Bertz CT molecular complexity index is 790. The first kappa shape index (κ1) is 14.4. The van der Waals surface area contributed by atoms with Crippen molar-refractivity contribution in [3.05, 3.63) is 41.6 Å². The fourth-order valence-electron chi connectivity index (χ4n) is 3.98. The van der Waals surface area contributed by atoms with Gasteiger partial charge in [0.25, 0.3) is 5.91 Å². The summed E-state index contributed by atoms with van der Waals surface area (Å²) >= 11 is 0. The number of allylic oxidation sites excluding steroid dienone is 2. The number of rotatable bonds is 2. The number of hydrogen-bond acceptors (Lipinski definition) is 2. The van der Waals surface area contributed by atoms with Gasteiger partial charge in [0.1, 0.15) is 11.4 Å². The lowest BCUT2D eigenvalue weighted by molar-refractivity contribution is 0.0779. The molecule has 0 spiro atoms. The van der Waals surface area contributed by atoms with Gasteiger partial charge in [-0.2, -0.15) is 0 Å². The number of amides is 1. The summed E-state index contributed by atoms with van der Waals surface area (Å²) in [6.45, 7) is 3.96. The zero-order chi connectivity index (χ0) is 16.0. The van der Waals surface area contributed by atoms with Crippen LogP contribution in [-0.4, -0.2) is 36.0 Å². The number of H-pyrrole nitrogens is 1. The molecule has 1 aromatic heterocycles. The van der Waals surface area contributed by atoms with E-state index >= 15 is 0 Å². The molecule has 0 unspecified atom stereocenters. The maximum absolute atomic E-state index is 12.8. The van der Waals surface area contributed by atoms with Gasteiger partial charge in [0, 0.05) is 24.0 Å². The van der Waals surface area contributed by atoms with Crippen LogP contribution in [0.1, 0.15) is 30.3 Å². The van der Waals surface area contributed by atoms with Crippen molar-refractivity contribution < 1.29 is 9.53 Å². The van der Waals surface area contributed by atoms with Gasteiger partial charge in [-0.15, -0.1) is 0 Å². The normalized spacial score (nSPS) is 23.7. The van der Waals surface area contributed by atoms with Crippen molar-refractivity contribution in [1.29, 1.82) is 0 Å². The third-order valence-corrected chi connectivity index (χ3v) is 5.28. The Kier molecular flexibility index (Phi) is 3.40. The van der Waals surface area contributed by atoms with E-state index in [1.807, 2.05) is 29.2 Å². The summed E-state index contributed by atoms with van der Waals surface area (Å²) in [5, 5.41) is 1.02. The van der Waals surface area contributed by atoms with Crippen LogP contribution in [-0.2, 0) is 0 Å². The fraction of sp³-hybridized carbons (Fsp3) is 0.421. The Labute approximate surface area is 136 Å². The molecular formula is C19H22N2O2. The van der Waals surface area contributed by atoms with Crippen molar-refractivity contribution >= 4 is 16.8 Å². The highest BCUT2D eigenvalue weighted by atomic mass is 16.5. The topological polar surface area (TPSA) is 45.3 Å². The molecule has 4 nitrogen and oxygen atoms in total. The summed E-state index contributed by atoms with van der Waals surface area (Å²) in [5.41, 5.74) is 3.12. The highest BCUT2D eigenvalue weighted by molar-refractivity contribution is 5.98. The number of aromatic nitrogens is 1. The smallest absolute Gasteiger partial charge is 0.270 e. The van der Waals surface area contributed by atoms with Crippen molar-refractivity contribution in [2.75, 3.05) is 20.2 Å². The predicted molar refractivity (Wildman–Crippen MR) is 90.7 cm³/mol. The van der Waals surface area contributed by atoms with E-state index in [-0.39, 0.29) is 5.91 Å². The first-order chi connectivity index (χ1) is 11.1. The Morgan fingerprint density at radius 1 is 1.26 bits per heavy atom. The molecule has 1 aromatic carbocycles. The van der Waals surface area contributed by atoms with Gasteiger partial charge < -0.3 is 14.6 Å². The average molecular weight is 310 g/mol. The molecule has 4 heteroatoms. The molecule has 2 atom stereocenters. The van der Waals surface area contributed by atoms with Crippen LogP contribution in [0.3, 0.4) is 0 Å². The van der Waals surface area contributed by atoms with E-state index < -0.39 is 0 Å². The van der Waals surface area contributed by atoms with Gasteiger partial charge >= 0.3 is 0 Å². The van der Waals surface area contributed by atoms with E-state index in [4.69, 9.17) is 4.74 Å². The molecule has 2 aliphatic rings. The van der Waals surface area contributed by atoms with E-state index in [0.29, 0.717) is 17.5 Å². The molecular weight excluding hydrogens is 288 g/mol. The lowest BCUT2D eigenvalue weighted by Gasteiger charge is -2.21. The zero-order valence-corrected chi connectivity index (χ0v) is 13.6. The summed E-state index contributed by atoms with van der Waals surface area (Å²) in [4.78, 5) is 18.1. The first-order valence-corrected chi connectivity index (χ1v) is 8.25. The highest BCUT2D eigenvalue weighted by Crippen LogP contribution is 2.36. The number of likely N-dealkylation sites (tertiary alicyclic amines) is 1. The second-order valence-corrected chi connectivity index (χ2v) is 6.86. The van der Waals surface area contributed by atoms with Crippen LogP contribution in [0.5, 0.6) is 5.75 Å². The van der Waals surface area contributed by atoms with Gasteiger partial charge in [0.15, 0.2) is 0 Å². The van der Waals surface area contributed by atoms with Crippen molar-refractivity contribution in [1.82, 2.24) is 9.88 Å². The third kappa shape index (κ3) is 2.52. The van der Waals surface area contributed by atoms with Crippen molar-refractivity contribution in [3.8, 4) is 5.75 Å². The number of ether oxygens (including phenoxy) is 1. The number of nitrogens with one attached hydrogen (secondary N) is 1. The minimum Gasteiger partial charge on any atom is -0.497 e. The van der Waals surface area contributed by atoms with Gasteiger partial charge in [0.05, 0.1) is 7.11 Å². The van der Waals surface area contributed by atoms with E-state index in [1.165, 1.54) is 5.57 Å². The van der Waals surface area contributed by atoms with Gasteiger partial charge in [-0.05, 0) is 55.9 Å². The Balaban J connectivity index is 1.56. The molecule has 1 amide bonds. The average Bonchev–Trinajstić information content (AvgIpc) is 3.16. The Morgan fingerprint density at radius 2 is 2.09 bits per heavy atom. The van der Waals surface area contributed by atoms with Gasteiger partial charge in [-0.25, -0.2) is 0 Å². The molecule has 120 valence electrons. The first-order valence-electron chi connectivity index (χ1n) is 8.25. The highest BCUT2D eigenvalue weighted by Gasteiger charge is 2.36.